The molecule has 6 rings (SSSR count). The number of likely N-dealkylation sites (tertiary alicyclic amines) is 2. The van der Waals surface area contributed by atoms with Gasteiger partial charge in [0.25, 0.3) is 0 Å². The molecule has 2 aromatic carbocycles. The van der Waals surface area contributed by atoms with Crippen LogP contribution < -0.4 is 15.0 Å². The van der Waals surface area contributed by atoms with E-state index in [0.717, 1.165) is 98.8 Å². The lowest BCUT2D eigenvalue weighted by Gasteiger charge is -2.32. The summed E-state index contributed by atoms with van der Waals surface area (Å²) < 4.78 is 11.5. The molecule has 0 unspecified atom stereocenters. The molecule has 2 amide bonds. The van der Waals surface area contributed by atoms with Crippen molar-refractivity contribution in [2.45, 2.75) is 37.6 Å². The van der Waals surface area contributed by atoms with E-state index in [1.807, 2.05) is 29.2 Å². The van der Waals surface area contributed by atoms with E-state index < -0.39 is 0 Å². The fourth-order valence-corrected chi connectivity index (χ4v) is 6.29. The summed E-state index contributed by atoms with van der Waals surface area (Å²) >= 11 is 0. The average Bonchev–Trinajstić information content (AvgIpc) is 3.49. The highest BCUT2D eigenvalue weighted by Gasteiger charge is 2.27. The van der Waals surface area contributed by atoms with E-state index in [2.05, 4.69) is 43.3 Å². The number of hydrogen-bond donors (Lipinski definition) is 2. The first-order chi connectivity index (χ1) is 20.2. The lowest BCUT2D eigenvalue weighted by atomic mass is 9.91. The molecular weight excluding hydrogens is 520 g/mol. The van der Waals surface area contributed by atoms with Crippen molar-refractivity contribution < 1.29 is 19.4 Å². The van der Waals surface area contributed by atoms with E-state index in [0.29, 0.717) is 19.7 Å². The maximum Gasteiger partial charge on any atom is 0.321 e. The number of aliphatic hydroxyl groups is 1. The van der Waals surface area contributed by atoms with Crippen LogP contribution in [-0.4, -0.2) is 103 Å². The van der Waals surface area contributed by atoms with Gasteiger partial charge in [0, 0.05) is 67.5 Å². The normalized spacial score (nSPS) is 20.5. The molecule has 10 nitrogen and oxygen atoms in total. The van der Waals surface area contributed by atoms with Crippen LogP contribution in [0.3, 0.4) is 0 Å². The Kier molecular flexibility index (Phi) is 8.79. The van der Waals surface area contributed by atoms with E-state index in [9.17, 15) is 9.90 Å². The van der Waals surface area contributed by atoms with Gasteiger partial charge in [0.05, 0.1) is 31.0 Å². The van der Waals surface area contributed by atoms with Crippen molar-refractivity contribution in [3.05, 3.63) is 54.5 Å². The third-order valence-corrected chi connectivity index (χ3v) is 8.66. The van der Waals surface area contributed by atoms with Crippen LogP contribution in [-0.2, 0) is 4.74 Å². The van der Waals surface area contributed by atoms with Crippen LogP contribution in [0.15, 0.2) is 48.8 Å². The van der Waals surface area contributed by atoms with Crippen LogP contribution in [0.4, 0.5) is 16.2 Å². The molecule has 0 radical (unpaired) electrons. The average molecular weight is 561 g/mol. The summed E-state index contributed by atoms with van der Waals surface area (Å²) in [7, 11) is 0. The summed E-state index contributed by atoms with van der Waals surface area (Å²) in [5.41, 5.74) is 3.88. The van der Waals surface area contributed by atoms with Gasteiger partial charge < -0.3 is 29.7 Å². The first-order valence-electron chi connectivity index (χ1n) is 14.9. The smallest absolute Gasteiger partial charge is 0.321 e. The highest BCUT2D eigenvalue weighted by molar-refractivity contribution is 5.89. The van der Waals surface area contributed by atoms with Crippen molar-refractivity contribution in [2.75, 3.05) is 75.9 Å². The Morgan fingerprint density at radius 2 is 1.80 bits per heavy atom. The van der Waals surface area contributed by atoms with Gasteiger partial charge in [-0.15, -0.1) is 0 Å². The number of carbonyl (C=O) groups excluding carboxylic acids is 1. The number of anilines is 2. The van der Waals surface area contributed by atoms with Crippen molar-refractivity contribution >= 4 is 28.3 Å². The fourth-order valence-electron chi connectivity index (χ4n) is 6.29. The van der Waals surface area contributed by atoms with E-state index in [1.54, 1.807) is 6.33 Å². The van der Waals surface area contributed by atoms with Crippen molar-refractivity contribution in [1.82, 2.24) is 19.8 Å². The van der Waals surface area contributed by atoms with Gasteiger partial charge >= 0.3 is 6.03 Å². The third-order valence-electron chi connectivity index (χ3n) is 8.66. The molecule has 3 fully saturated rings. The van der Waals surface area contributed by atoms with E-state index >= 15 is 0 Å². The Balaban J connectivity index is 1.01. The highest BCUT2D eigenvalue weighted by atomic mass is 16.5. The maximum absolute atomic E-state index is 13.0. The Hall–Kier alpha value is -3.47. The van der Waals surface area contributed by atoms with Gasteiger partial charge in [-0.1, -0.05) is 0 Å². The van der Waals surface area contributed by atoms with Crippen LogP contribution in [0, 0.1) is 0 Å². The summed E-state index contributed by atoms with van der Waals surface area (Å²) in [5, 5.41) is 13.6. The highest BCUT2D eigenvalue weighted by Crippen LogP contribution is 2.32. The molecule has 3 aromatic rings. The van der Waals surface area contributed by atoms with Crippen molar-refractivity contribution in [3.63, 3.8) is 0 Å². The van der Waals surface area contributed by atoms with Gasteiger partial charge in [0.2, 0.25) is 0 Å². The summed E-state index contributed by atoms with van der Waals surface area (Å²) in [5.74, 6) is 1.07. The summed E-state index contributed by atoms with van der Waals surface area (Å²) in [6.45, 7) is 7.27. The fraction of sp³-hybridized carbons (Fsp3) is 0.516. The molecule has 1 aromatic heterocycles. The zero-order valence-electron chi connectivity index (χ0n) is 23.6. The number of hydrogen-bond acceptors (Lipinski definition) is 8. The van der Waals surface area contributed by atoms with E-state index in [4.69, 9.17) is 9.47 Å². The van der Waals surface area contributed by atoms with Crippen LogP contribution >= 0.6 is 0 Å². The van der Waals surface area contributed by atoms with Crippen LogP contribution in [0.5, 0.6) is 5.75 Å². The minimum absolute atomic E-state index is 0.0591. The number of aromatic nitrogens is 2. The molecule has 0 saturated carbocycles. The number of urea groups is 1. The zero-order valence-corrected chi connectivity index (χ0v) is 23.6. The molecule has 10 heteroatoms. The second-order valence-electron chi connectivity index (χ2n) is 11.1. The van der Waals surface area contributed by atoms with Crippen molar-refractivity contribution in [1.29, 1.82) is 0 Å². The Bertz CT molecular complexity index is 1310. The molecule has 0 spiro atoms. The number of aliphatic hydroxyl groups excluding tert-OH is 1. The van der Waals surface area contributed by atoms with E-state index in [-0.39, 0.29) is 24.6 Å². The second kappa shape index (κ2) is 13.0. The van der Waals surface area contributed by atoms with Gasteiger partial charge in [0.1, 0.15) is 18.7 Å². The summed E-state index contributed by atoms with van der Waals surface area (Å²) in [6.07, 6.45) is 5.54. The SMILES string of the molecule is O=C(Nc1ccc(N2CCOCC2)cc1)N1CCC(c2ncnc3cc(OCCN4CCC[C@H]4CO)ccc23)CC1. The molecule has 0 bridgehead atoms. The summed E-state index contributed by atoms with van der Waals surface area (Å²) in [6, 6.07) is 14.3. The molecule has 1 atom stereocenters. The van der Waals surface area contributed by atoms with Crippen molar-refractivity contribution in [3.8, 4) is 5.75 Å². The number of piperidine rings is 1. The maximum atomic E-state index is 13.0. The third kappa shape index (κ3) is 6.55. The van der Waals surface area contributed by atoms with Crippen LogP contribution in [0.25, 0.3) is 10.9 Å². The number of ether oxygens (including phenoxy) is 2. The molecule has 4 heterocycles. The Morgan fingerprint density at radius 3 is 2.59 bits per heavy atom. The largest absolute Gasteiger partial charge is 0.492 e. The number of nitrogens with zero attached hydrogens (tertiary/aromatic N) is 5. The van der Waals surface area contributed by atoms with Gasteiger partial charge in [-0.3, -0.25) is 4.90 Å². The number of fused-ring (bicyclic) bond motifs is 1. The van der Waals surface area contributed by atoms with Crippen molar-refractivity contribution in [2.24, 2.45) is 0 Å². The molecular formula is C31H40N6O4. The first-order valence-corrected chi connectivity index (χ1v) is 14.9. The molecule has 3 saturated heterocycles. The molecule has 2 N–H and O–H groups in total. The number of carbonyl (C=O) groups is 1. The predicted octanol–water partition coefficient (Wildman–Crippen LogP) is 3.71. The summed E-state index contributed by atoms with van der Waals surface area (Å²) in [4.78, 5) is 28.7. The topological polar surface area (TPSA) is 103 Å². The van der Waals surface area contributed by atoms with Gasteiger partial charge in [-0.05, 0) is 68.6 Å². The first kappa shape index (κ1) is 27.7. The predicted molar refractivity (Wildman–Crippen MR) is 159 cm³/mol. The van der Waals surface area contributed by atoms with E-state index in [1.165, 1.54) is 0 Å². The number of nitrogens with one attached hydrogen (secondary N) is 1. The number of morpholine rings is 1. The standard InChI is InChI=1S/C31H40N6O4/c38-21-26-2-1-11-35(26)16-19-41-27-7-8-28-29(20-27)32-22-33-30(28)23-9-12-37(13-10-23)31(39)34-24-3-5-25(6-4-24)36-14-17-40-18-15-36/h3-8,20,22-23,26,38H,1-2,9-19,21H2,(H,34,39)/t26-/m0/s1. The quantitative estimate of drug-likeness (QED) is 0.430. The minimum Gasteiger partial charge on any atom is -0.492 e. The number of rotatable bonds is 8. The lowest BCUT2D eigenvalue weighted by Crippen LogP contribution is -2.40. The Morgan fingerprint density at radius 1 is 1.00 bits per heavy atom. The number of benzene rings is 2. The van der Waals surface area contributed by atoms with Gasteiger partial charge in [-0.2, -0.15) is 0 Å². The second-order valence-corrected chi connectivity index (χ2v) is 11.1. The Labute approximate surface area is 241 Å². The molecule has 41 heavy (non-hydrogen) atoms. The van der Waals surface area contributed by atoms with Gasteiger partial charge in [0.15, 0.2) is 0 Å². The number of amides is 2. The molecule has 3 aliphatic rings. The van der Waals surface area contributed by atoms with Gasteiger partial charge in [-0.25, -0.2) is 14.8 Å². The minimum atomic E-state index is -0.0591. The monoisotopic (exact) mass is 560 g/mol. The zero-order chi connectivity index (χ0) is 28.0. The molecule has 0 aliphatic carbocycles. The van der Waals surface area contributed by atoms with Crippen LogP contribution in [0.1, 0.15) is 37.3 Å². The van der Waals surface area contributed by atoms with Crippen LogP contribution in [0.2, 0.25) is 0 Å². The molecule has 218 valence electrons. The molecule has 3 aliphatic heterocycles. The lowest BCUT2D eigenvalue weighted by molar-refractivity contribution is 0.122.